The van der Waals surface area contributed by atoms with E-state index in [1.54, 1.807) is 18.6 Å². The second-order valence-electron chi connectivity index (χ2n) is 5.51. The summed E-state index contributed by atoms with van der Waals surface area (Å²) in [5.41, 5.74) is 1.63. The lowest BCUT2D eigenvalue weighted by Crippen LogP contribution is -2.31. The van der Waals surface area contributed by atoms with E-state index in [1.165, 1.54) is 30.4 Å². The fourth-order valence-corrected chi connectivity index (χ4v) is 3.04. The molecule has 0 amide bonds. The third kappa shape index (κ3) is 2.48. The van der Waals surface area contributed by atoms with Gasteiger partial charge in [0, 0.05) is 30.1 Å². The van der Waals surface area contributed by atoms with Crippen molar-refractivity contribution >= 4 is 0 Å². The first-order valence-corrected chi connectivity index (χ1v) is 7.26. The van der Waals surface area contributed by atoms with E-state index in [2.05, 4.69) is 4.98 Å². The molecule has 1 aliphatic carbocycles. The Balaban J connectivity index is 2.03. The summed E-state index contributed by atoms with van der Waals surface area (Å²) in [5.74, 6) is 6.35. The van der Waals surface area contributed by atoms with Crippen LogP contribution in [-0.2, 0) is 0 Å². The third-order valence-corrected chi connectivity index (χ3v) is 4.16. The van der Waals surface area contributed by atoms with Crippen molar-refractivity contribution in [1.82, 2.24) is 14.2 Å². The van der Waals surface area contributed by atoms with E-state index < -0.39 is 0 Å². The molecule has 1 aliphatic rings. The van der Waals surface area contributed by atoms with Crippen molar-refractivity contribution in [3.63, 3.8) is 0 Å². The summed E-state index contributed by atoms with van der Waals surface area (Å²) in [4.78, 5) is 16.1. The van der Waals surface area contributed by atoms with Gasteiger partial charge < -0.3 is 10.4 Å². The van der Waals surface area contributed by atoms with Gasteiger partial charge in [0.25, 0.3) is 5.56 Å². The summed E-state index contributed by atoms with van der Waals surface area (Å²) in [6.45, 7) is 0. The molecule has 2 aromatic heterocycles. The summed E-state index contributed by atoms with van der Waals surface area (Å²) in [5, 5.41) is 0. The van der Waals surface area contributed by atoms with Crippen LogP contribution in [0.3, 0.4) is 0 Å². The summed E-state index contributed by atoms with van der Waals surface area (Å²) in [7, 11) is 0. The van der Waals surface area contributed by atoms with Crippen LogP contribution in [0.25, 0.3) is 5.69 Å². The number of pyridine rings is 1. The van der Waals surface area contributed by atoms with Gasteiger partial charge in [-0.25, -0.2) is 9.66 Å². The second kappa shape index (κ2) is 5.53. The molecule has 2 aromatic rings. The Labute approximate surface area is 118 Å². The monoisotopic (exact) mass is 272 g/mol. The van der Waals surface area contributed by atoms with Crippen LogP contribution in [-0.4, -0.2) is 14.2 Å². The topological polar surface area (TPSA) is 65.8 Å². The highest BCUT2D eigenvalue weighted by Crippen LogP contribution is 2.31. The summed E-state index contributed by atoms with van der Waals surface area (Å²) in [6.07, 6.45) is 12.5. The lowest BCUT2D eigenvalue weighted by Gasteiger charge is -2.18. The van der Waals surface area contributed by atoms with Gasteiger partial charge in [0.05, 0.1) is 12.0 Å². The van der Waals surface area contributed by atoms with Crippen LogP contribution in [0.1, 0.15) is 50.1 Å². The van der Waals surface area contributed by atoms with Gasteiger partial charge in [0.2, 0.25) is 0 Å². The number of nitrogens with zero attached hydrogens (tertiary/aromatic N) is 3. The predicted molar refractivity (Wildman–Crippen MR) is 78.4 cm³/mol. The quantitative estimate of drug-likeness (QED) is 0.673. The van der Waals surface area contributed by atoms with E-state index in [1.807, 2.05) is 16.8 Å². The molecule has 0 spiro atoms. The van der Waals surface area contributed by atoms with Crippen LogP contribution < -0.4 is 11.4 Å². The van der Waals surface area contributed by atoms with E-state index in [0.29, 0.717) is 5.92 Å². The smallest absolute Gasteiger partial charge is 0.270 e. The van der Waals surface area contributed by atoms with Crippen molar-refractivity contribution in [3.8, 4) is 5.69 Å². The van der Waals surface area contributed by atoms with Gasteiger partial charge in [-0.05, 0) is 18.9 Å². The molecule has 3 rings (SSSR count). The van der Waals surface area contributed by atoms with Gasteiger partial charge in [0.15, 0.2) is 0 Å². The van der Waals surface area contributed by atoms with E-state index in [0.717, 1.165) is 24.2 Å². The largest absolute Gasteiger partial charge is 0.336 e. The van der Waals surface area contributed by atoms with Crippen LogP contribution in [0.15, 0.2) is 35.6 Å². The van der Waals surface area contributed by atoms with E-state index in [-0.39, 0.29) is 5.56 Å². The molecule has 0 atom stereocenters. The van der Waals surface area contributed by atoms with Crippen LogP contribution in [0, 0.1) is 0 Å². The first-order valence-electron chi connectivity index (χ1n) is 7.26. The van der Waals surface area contributed by atoms with Gasteiger partial charge in [-0.15, -0.1) is 0 Å². The number of rotatable bonds is 2. The molecule has 0 bridgehead atoms. The van der Waals surface area contributed by atoms with Crippen molar-refractivity contribution < 1.29 is 0 Å². The molecule has 5 heteroatoms. The Morgan fingerprint density at radius 2 is 1.90 bits per heavy atom. The molecule has 1 fully saturated rings. The Morgan fingerprint density at radius 3 is 2.55 bits per heavy atom. The lowest BCUT2D eigenvalue weighted by atomic mass is 9.95. The summed E-state index contributed by atoms with van der Waals surface area (Å²) >= 11 is 0. The predicted octanol–water partition coefficient (Wildman–Crippen LogP) is 2.19. The molecule has 20 heavy (non-hydrogen) atoms. The van der Waals surface area contributed by atoms with E-state index in [4.69, 9.17) is 5.84 Å². The Hall–Kier alpha value is -2.04. The molecule has 2 N–H and O–H groups in total. The standard InChI is InChI=1S/C15H20N4O/c16-19-14(12-5-3-1-2-4-6-12)9-13(10-15(19)20)18-8-7-17-11-18/h7-12H,1-6,16H2. The first kappa shape index (κ1) is 13.0. The van der Waals surface area contributed by atoms with Gasteiger partial charge in [-0.1, -0.05) is 25.7 Å². The second-order valence-corrected chi connectivity index (χ2v) is 5.51. The highest BCUT2D eigenvalue weighted by atomic mass is 16.1. The molecular weight excluding hydrogens is 252 g/mol. The molecule has 5 nitrogen and oxygen atoms in total. The molecular formula is C15H20N4O. The highest BCUT2D eigenvalue weighted by Gasteiger charge is 2.18. The molecule has 0 saturated heterocycles. The van der Waals surface area contributed by atoms with Crippen LogP contribution >= 0.6 is 0 Å². The van der Waals surface area contributed by atoms with Gasteiger partial charge >= 0.3 is 0 Å². The fourth-order valence-electron chi connectivity index (χ4n) is 3.04. The number of nitrogen functional groups attached to an aromatic ring is 1. The number of hydrogen-bond acceptors (Lipinski definition) is 3. The molecule has 0 radical (unpaired) electrons. The van der Waals surface area contributed by atoms with Crippen molar-refractivity contribution in [2.45, 2.75) is 44.4 Å². The third-order valence-electron chi connectivity index (χ3n) is 4.16. The normalized spacial score (nSPS) is 17.0. The van der Waals surface area contributed by atoms with Crippen LogP contribution in [0.2, 0.25) is 0 Å². The molecule has 106 valence electrons. The number of hydrogen-bond donors (Lipinski definition) is 1. The maximum atomic E-state index is 12.1. The van der Waals surface area contributed by atoms with Crippen molar-refractivity contribution in [3.05, 3.63) is 46.9 Å². The average Bonchev–Trinajstić information content (AvgIpc) is 2.85. The van der Waals surface area contributed by atoms with Gasteiger partial charge in [-0.2, -0.15) is 0 Å². The number of imidazole rings is 1. The number of nitrogens with two attached hydrogens (primary N) is 1. The molecule has 2 heterocycles. The minimum absolute atomic E-state index is 0.157. The van der Waals surface area contributed by atoms with E-state index in [9.17, 15) is 4.79 Å². The first-order chi connectivity index (χ1) is 9.75. The lowest BCUT2D eigenvalue weighted by molar-refractivity contribution is 0.556. The summed E-state index contributed by atoms with van der Waals surface area (Å²) < 4.78 is 3.16. The van der Waals surface area contributed by atoms with Gasteiger partial charge in [0.1, 0.15) is 0 Å². The molecule has 0 unspecified atom stereocenters. The van der Waals surface area contributed by atoms with Crippen molar-refractivity contribution in [1.29, 1.82) is 0 Å². The van der Waals surface area contributed by atoms with Crippen LogP contribution in [0.5, 0.6) is 0 Å². The number of aromatic nitrogens is 3. The zero-order valence-electron chi connectivity index (χ0n) is 11.5. The van der Waals surface area contributed by atoms with E-state index >= 15 is 0 Å². The molecule has 1 saturated carbocycles. The zero-order valence-corrected chi connectivity index (χ0v) is 11.5. The fraction of sp³-hybridized carbons (Fsp3) is 0.467. The molecule has 0 aromatic carbocycles. The highest BCUT2D eigenvalue weighted by molar-refractivity contribution is 5.34. The van der Waals surface area contributed by atoms with Crippen LogP contribution in [0.4, 0.5) is 0 Å². The Bertz CT molecular complexity index is 622. The minimum atomic E-state index is -0.157. The maximum absolute atomic E-state index is 12.1. The van der Waals surface area contributed by atoms with Gasteiger partial charge in [-0.3, -0.25) is 4.79 Å². The van der Waals surface area contributed by atoms with Crippen molar-refractivity contribution in [2.24, 2.45) is 0 Å². The Kier molecular flexibility index (Phi) is 3.58. The zero-order chi connectivity index (χ0) is 13.9. The maximum Gasteiger partial charge on any atom is 0.270 e. The SMILES string of the molecule is Nn1c(C2CCCCCC2)cc(-n2ccnc2)cc1=O. The van der Waals surface area contributed by atoms with Crippen molar-refractivity contribution in [2.75, 3.05) is 5.84 Å². The molecule has 0 aliphatic heterocycles. The minimum Gasteiger partial charge on any atom is -0.336 e. The average molecular weight is 272 g/mol. The summed E-state index contributed by atoms with van der Waals surface area (Å²) in [6, 6.07) is 3.58. The Morgan fingerprint density at radius 1 is 1.15 bits per heavy atom.